The van der Waals surface area contributed by atoms with E-state index in [-0.39, 0.29) is 37.1 Å². The second-order valence-corrected chi connectivity index (χ2v) is 7.57. The molecule has 0 atom stereocenters. The maximum absolute atomic E-state index is 10.2. The van der Waals surface area contributed by atoms with Crippen molar-refractivity contribution in [3.8, 4) is 0 Å². The Morgan fingerprint density at radius 3 is 1.32 bits per heavy atom. The molecule has 11 heteroatoms. The van der Waals surface area contributed by atoms with Gasteiger partial charge in [0.05, 0.1) is 34.1 Å². The van der Waals surface area contributed by atoms with Crippen LogP contribution in [0.1, 0.15) is 27.6 Å². The SMILES string of the molecule is CCCCCP(=O)(O)O.Nc1cccc(N)c1N.Nc1cccc(N)c1N.[H-].[Na+]. The molecule has 28 heavy (non-hydrogen) atoms. The fourth-order valence-electron chi connectivity index (χ4n) is 1.77. The summed E-state index contributed by atoms with van der Waals surface area (Å²) in [4.78, 5) is 16.7. The molecule has 0 aliphatic carbocycles. The summed E-state index contributed by atoms with van der Waals surface area (Å²) >= 11 is 0. The molecule has 2 aromatic carbocycles. The zero-order chi connectivity index (χ0) is 21.0. The van der Waals surface area contributed by atoms with Crippen molar-refractivity contribution in [2.75, 3.05) is 40.6 Å². The molecular weight excluding hydrogens is 390 g/mol. The van der Waals surface area contributed by atoms with E-state index in [0.717, 1.165) is 12.8 Å². The molecule has 2 aromatic rings. The van der Waals surface area contributed by atoms with Crippen molar-refractivity contribution >= 4 is 41.7 Å². The van der Waals surface area contributed by atoms with Gasteiger partial charge in [0.1, 0.15) is 0 Å². The quantitative estimate of drug-likeness (QED) is 0.136. The molecular formula is C17H32N6NaO3P. The van der Waals surface area contributed by atoms with Crippen LogP contribution in [-0.2, 0) is 4.57 Å². The van der Waals surface area contributed by atoms with Crippen LogP contribution in [0.4, 0.5) is 34.1 Å². The Labute approximate surface area is 189 Å². The van der Waals surface area contributed by atoms with Crippen molar-refractivity contribution in [3.63, 3.8) is 0 Å². The van der Waals surface area contributed by atoms with Crippen molar-refractivity contribution in [1.82, 2.24) is 0 Å². The van der Waals surface area contributed by atoms with Crippen molar-refractivity contribution in [2.24, 2.45) is 0 Å². The van der Waals surface area contributed by atoms with Crippen molar-refractivity contribution in [3.05, 3.63) is 36.4 Å². The summed E-state index contributed by atoms with van der Waals surface area (Å²) in [6.45, 7) is 2.00. The number of nitrogen functional groups attached to an aromatic ring is 6. The Morgan fingerprint density at radius 2 is 1.11 bits per heavy atom. The van der Waals surface area contributed by atoms with E-state index in [2.05, 4.69) is 0 Å². The zero-order valence-corrected chi connectivity index (χ0v) is 19.4. The third-order valence-corrected chi connectivity index (χ3v) is 4.30. The standard InChI is InChI=1S/2C6H9N3.C5H13O3P.Na.H/c2*7-4-2-1-3-5(8)6(4)9;1-2-3-4-5-9(6,7)8;;/h2*1-3H,7-9H2;2-5H2,1H3,(H2,6,7,8);;/q;;;+1;-1. The average molecular weight is 422 g/mol. The van der Waals surface area contributed by atoms with Gasteiger partial charge in [0, 0.05) is 6.16 Å². The molecule has 14 N–H and O–H groups in total. The van der Waals surface area contributed by atoms with Gasteiger partial charge in [-0.15, -0.1) is 0 Å². The molecule has 154 valence electrons. The smallest absolute Gasteiger partial charge is 1.00 e. The Morgan fingerprint density at radius 1 is 0.786 bits per heavy atom. The maximum Gasteiger partial charge on any atom is 1.00 e. The van der Waals surface area contributed by atoms with Gasteiger partial charge >= 0.3 is 37.2 Å². The first-order valence-electron chi connectivity index (χ1n) is 8.33. The maximum atomic E-state index is 10.2. The molecule has 0 aliphatic heterocycles. The number of nitrogens with two attached hydrogens (primary N) is 6. The number of hydrogen-bond donors (Lipinski definition) is 8. The zero-order valence-electron chi connectivity index (χ0n) is 17.5. The molecule has 0 saturated heterocycles. The van der Waals surface area contributed by atoms with E-state index >= 15 is 0 Å². The van der Waals surface area contributed by atoms with Crippen molar-refractivity contribution in [1.29, 1.82) is 0 Å². The number of hydrogen-bond acceptors (Lipinski definition) is 7. The summed E-state index contributed by atoms with van der Waals surface area (Å²) in [5, 5.41) is 0. The Hall–Kier alpha value is -1.61. The largest absolute Gasteiger partial charge is 1.00 e. The molecule has 2 rings (SSSR count). The van der Waals surface area contributed by atoms with Gasteiger partial charge in [-0.05, 0) is 30.7 Å². The molecule has 0 unspecified atom stereocenters. The summed E-state index contributed by atoms with van der Waals surface area (Å²) in [6.07, 6.45) is 2.59. The first-order chi connectivity index (χ1) is 12.5. The molecule has 0 amide bonds. The first-order valence-corrected chi connectivity index (χ1v) is 10.1. The fraction of sp³-hybridized carbons (Fsp3) is 0.294. The number of rotatable bonds is 4. The topological polar surface area (TPSA) is 214 Å². The molecule has 9 nitrogen and oxygen atoms in total. The third kappa shape index (κ3) is 12.7. The second kappa shape index (κ2) is 14.4. The van der Waals surface area contributed by atoms with Crippen molar-refractivity contribution in [2.45, 2.75) is 26.2 Å². The van der Waals surface area contributed by atoms with Crippen LogP contribution < -0.4 is 64.0 Å². The third-order valence-electron chi connectivity index (χ3n) is 3.40. The van der Waals surface area contributed by atoms with E-state index in [1.807, 2.05) is 6.92 Å². The average Bonchev–Trinajstić information content (AvgIpc) is 2.58. The van der Waals surface area contributed by atoms with E-state index in [0.29, 0.717) is 40.5 Å². The predicted molar refractivity (Wildman–Crippen MR) is 117 cm³/mol. The van der Waals surface area contributed by atoms with Gasteiger partial charge in [-0.2, -0.15) is 0 Å². The first kappa shape index (κ1) is 28.6. The van der Waals surface area contributed by atoms with Crippen LogP contribution in [0.5, 0.6) is 0 Å². The molecule has 0 radical (unpaired) electrons. The van der Waals surface area contributed by atoms with E-state index < -0.39 is 7.60 Å². The minimum Gasteiger partial charge on any atom is -1.00 e. The summed E-state index contributed by atoms with van der Waals surface area (Å²) in [5.74, 6) is 0. The monoisotopic (exact) mass is 422 g/mol. The molecule has 0 saturated carbocycles. The van der Waals surface area contributed by atoms with Crippen LogP contribution in [0, 0.1) is 0 Å². The van der Waals surface area contributed by atoms with Gasteiger partial charge in [0.15, 0.2) is 0 Å². The second-order valence-electron chi connectivity index (χ2n) is 5.80. The van der Waals surface area contributed by atoms with Gasteiger partial charge in [-0.3, -0.25) is 4.57 Å². The molecule has 0 aromatic heterocycles. The normalized spacial score (nSPS) is 9.82. The Kier molecular flexibility index (Phi) is 14.7. The molecule has 0 spiro atoms. The number of anilines is 6. The predicted octanol–water partition coefficient (Wildman–Crippen LogP) is -0.663. The molecule has 0 bridgehead atoms. The number of unbranched alkanes of at least 4 members (excludes halogenated alkanes) is 2. The Balaban J connectivity index is -0.000000338. The van der Waals surface area contributed by atoms with Gasteiger partial charge < -0.3 is 45.6 Å². The van der Waals surface area contributed by atoms with Crippen LogP contribution in [-0.4, -0.2) is 15.9 Å². The summed E-state index contributed by atoms with van der Waals surface area (Å²) in [5.41, 5.74) is 35.6. The van der Waals surface area contributed by atoms with Crippen LogP contribution >= 0.6 is 7.60 Å². The van der Waals surface area contributed by atoms with Crippen LogP contribution in [0.15, 0.2) is 36.4 Å². The molecule has 0 fully saturated rings. The van der Waals surface area contributed by atoms with Gasteiger partial charge in [-0.25, -0.2) is 0 Å². The van der Waals surface area contributed by atoms with E-state index in [1.165, 1.54) is 0 Å². The summed E-state index contributed by atoms with van der Waals surface area (Å²) in [6, 6.07) is 10.4. The van der Waals surface area contributed by atoms with Crippen LogP contribution in [0.3, 0.4) is 0 Å². The van der Waals surface area contributed by atoms with E-state index in [4.69, 9.17) is 44.2 Å². The minimum atomic E-state index is -3.70. The van der Waals surface area contributed by atoms with E-state index in [9.17, 15) is 4.57 Å². The van der Waals surface area contributed by atoms with E-state index in [1.54, 1.807) is 36.4 Å². The van der Waals surface area contributed by atoms with Crippen molar-refractivity contribution < 1.29 is 45.3 Å². The van der Waals surface area contributed by atoms with Gasteiger partial charge in [0.25, 0.3) is 0 Å². The summed E-state index contributed by atoms with van der Waals surface area (Å²) in [7, 11) is -3.70. The minimum absolute atomic E-state index is 0. The number of para-hydroxylation sites is 2. The summed E-state index contributed by atoms with van der Waals surface area (Å²) < 4.78 is 10.2. The Bertz CT molecular complexity index is 674. The van der Waals surface area contributed by atoms with Gasteiger partial charge in [0.2, 0.25) is 0 Å². The molecule has 0 heterocycles. The fourth-order valence-corrected chi connectivity index (χ4v) is 2.41. The van der Waals surface area contributed by atoms with Crippen LogP contribution in [0.2, 0.25) is 0 Å². The molecule has 0 aliphatic rings. The number of benzene rings is 2. The van der Waals surface area contributed by atoms with Gasteiger partial charge in [-0.1, -0.05) is 31.9 Å². The van der Waals surface area contributed by atoms with Crippen LogP contribution in [0.25, 0.3) is 0 Å².